The van der Waals surface area contributed by atoms with Gasteiger partial charge < -0.3 is 20.6 Å². The van der Waals surface area contributed by atoms with Crippen LogP contribution in [0.25, 0.3) is 0 Å². The molecule has 6 heteroatoms. The van der Waals surface area contributed by atoms with Crippen molar-refractivity contribution in [1.82, 2.24) is 4.98 Å². The number of nitrogens with two attached hydrogens (primary N) is 1. The van der Waals surface area contributed by atoms with Crippen LogP contribution in [0.4, 0.5) is 5.82 Å². The Morgan fingerprint density at radius 2 is 2.35 bits per heavy atom. The molecule has 0 amide bonds. The largest absolute Gasteiger partial charge is 0.409 e. The lowest BCUT2D eigenvalue weighted by atomic mass is 10.1. The van der Waals surface area contributed by atoms with Crippen LogP contribution in [0.2, 0.25) is 0 Å². The van der Waals surface area contributed by atoms with E-state index in [1.165, 1.54) is 0 Å². The minimum Gasteiger partial charge on any atom is -0.409 e. The minimum atomic E-state index is 0.0847. The number of morpholine rings is 1. The summed E-state index contributed by atoms with van der Waals surface area (Å²) in [5.74, 6) is 0.851. The van der Waals surface area contributed by atoms with Crippen LogP contribution in [0, 0.1) is 6.92 Å². The molecule has 1 aliphatic heterocycles. The molecule has 110 valence electrons. The van der Waals surface area contributed by atoms with Gasteiger partial charge in [-0.25, -0.2) is 4.98 Å². The Bertz CT molecular complexity index is 504. The fourth-order valence-corrected chi connectivity index (χ4v) is 2.46. The van der Waals surface area contributed by atoms with Gasteiger partial charge in [0, 0.05) is 12.2 Å². The van der Waals surface area contributed by atoms with E-state index < -0.39 is 0 Å². The van der Waals surface area contributed by atoms with Gasteiger partial charge in [-0.05, 0) is 32.4 Å². The Kier molecular flexibility index (Phi) is 4.44. The second kappa shape index (κ2) is 6.09. The summed E-state index contributed by atoms with van der Waals surface area (Å²) in [4.78, 5) is 6.80. The third-order valence-corrected chi connectivity index (χ3v) is 3.61. The number of aromatic nitrogens is 1. The number of oxime groups is 1. The molecule has 2 atom stereocenters. The molecule has 1 aromatic heterocycles. The highest BCUT2D eigenvalue weighted by molar-refractivity contribution is 6.01. The Labute approximate surface area is 119 Å². The molecule has 20 heavy (non-hydrogen) atoms. The first kappa shape index (κ1) is 14.6. The fraction of sp³-hybridized carbons (Fsp3) is 0.571. The molecule has 0 aromatic carbocycles. The van der Waals surface area contributed by atoms with Crippen molar-refractivity contribution >= 4 is 11.7 Å². The third kappa shape index (κ3) is 2.85. The van der Waals surface area contributed by atoms with Crippen molar-refractivity contribution in [3.8, 4) is 0 Å². The third-order valence-electron chi connectivity index (χ3n) is 3.61. The number of pyridine rings is 1. The molecule has 0 radical (unpaired) electrons. The van der Waals surface area contributed by atoms with Crippen LogP contribution in [-0.4, -0.2) is 41.3 Å². The number of ether oxygens (including phenoxy) is 1. The van der Waals surface area contributed by atoms with Crippen molar-refractivity contribution in [1.29, 1.82) is 0 Å². The molecule has 2 rings (SSSR count). The number of hydrogen-bond donors (Lipinski definition) is 2. The second-order valence-corrected chi connectivity index (χ2v) is 5.17. The van der Waals surface area contributed by atoms with Crippen LogP contribution in [0.15, 0.2) is 17.3 Å². The first-order chi connectivity index (χ1) is 9.56. The van der Waals surface area contributed by atoms with Crippen molar-refractivity contribution in [3.05, 3.63) is 23.4 Å². The maximum Gasteiger partial charge on any atom is 0.173 e. The van der Waals surface area contributed by atoms with Gasteiger partial charge in [0.1, 0.15) is 5.82 Å². The first-order valence-corrected chi connectivity index (χ1v) is 6.90. The molecule has 2 unspecified atom stereocenters. The van der Waals surface area contributed by atoms with Crippen LogP contribution in [-0.2, 0) is 4.74 Å². The number of nitrogens with zero attached hydrogens (tertiary/aromatic N) is 3. The van der Waals surface area contributed by atoms with Gasteiger partial charge in [-0.3, -0.25) is 0 Å². The molecule has 3 N–H and O–H groups in total. The molecule has 2 heterocycles. The van der Waals surface area contributed by atoms with Crippen LogP contribution in [0.1, 0.15) is 31.5 Å². The second-order valence-electron chi connectivity index (χ2n) is 5.17. The van der Waals surface area contributed by atoms with Gasteiger partial charge in [-0.2, -0.15) is 0 Å². The van der Waals surface area contributed by atoms with E-state index in [0.717, 1.165) is 24.5 Å². The van der Waals surface area contributed by atoms with Gasteiger partial charge in [0.2, 0.25) is 0 Å². The molecule has 1 aromatic rings. The minimum absolute atomic E-state index is 0.0847. The SMILES string of the molecule is CCC1COC(C)CN1c1nc(C)ccc1C(N)=NO. The highest BCUT2D eigenvalue weighted by Crippen LogP contribution is 2.25. The topological polar surface area (TPSA) is 84.0 Å². The van der Waals surface area contributed by atoms with Crippen LogP contribution >= 0.6 is 0 Å². The van der Waals surface area contributed by atoms with Gasteiger partial charge in [-0.15, -0.1) is 0 Å². The lowest BCUT2D eigenvalue weighted by molar-refractivity contribution is 0.0296. The van der Waals surface area contributed by atoms with E-state index in [0.29, 0.717) is 12.2 Å². The summed E-state index contributed by atoms with van der Waals surface area (Å²) in [5, 5.41) is 12.1. The summed E-state index contributed by atoms with van der Waals surface area (Å²) in [7, 11) is 0. The highest BCUT2D eigenvalue weighted by Gasteiger charge is 2.29. The van der Waals surface area contributed by atoms with Crippen molar-refractivity contribution in [2.45, 2.75) is 39.3 Å². The van der Waals surface area contributed by atoms with E-state index in [1.807, 2.05) is 26.0 Å². The number of amidine groups is 1. The van der Waals surface area contributed by atoms with Crippen LogP contribution in [0.5, 0.6) is 0 Å². The molecular weight excluding hydrogens is 256 g/mol. The maximum absolute atomic E-state index is 8.95. The zero-order valence-electron chi connectivity index (χ0n) is 12.2. The summed E-state index contributed by atoms with van der Waals surface area (Å²) in [6.45, 7) is 7.52. The molecule has 0 bridgehead atoms. The van der Waals surface area contributed by atoms with Crippen LogP contribution in [0.3, 0.4) is 0 Å². The van der Waals surface area contributed by atoms with Crippen molar-refractivity contribution in [2.24, 2.45) is 10.9 Å². The average molecular weight is 278 g/mol. The first-order valence-electron chi connectivity index (χ1n) is 6.90. The van der Waals surface area contributed by atoms with E-state index in [2.05, 4.69) is 22.0 Å². The lowest BCUT2D eigenvalue weighted by Crippen LogP contribution is -2.49. The zero-order chi connectivity index (χ0) is 14.7. The normalized spacial score (nSPS) is 23.9. The van der Waals surface area contributed by atoms with Gasteiger partial charge >= 0.3 is 0 Å². The standard InChI is InChI=1S/C14H22N4O2/c1-4-11-8-20-10(3)7-18(11)14-12(13(15)17-19)6-5-9(2)16-14/h5-6,10-11,19H,4,7-8H2,1-3H3,(H2,15,17). The number of hydrogen-bond acceptors (Lipinski definition) is 5. The number of anilines is 1. The van der Waals surface area contributed by atoms with Crippen molar-refractivity contribution < 1.29 is 9.94 Å². The molecule has 1 fully saturated rings. The Balaban J connectivity index is 2.45. The van der Waals surface area contributed by atoms with E-state index in [1.54, 1.807) is 0 Å². The maximum atomic E-state index is 8.95. The van der Waals surface area contributed by atoms with E-state index in [9.17, 15) is 0 Å². The number of rotatable bonds is 3. The van der Waals surface area contributed by atoms with Gasteiger partial charge in [0.05, 0.1) is 24.3 Å². The Morgan fingerprint density at radius 3 is 3.00 bits per heavy atom. The van der Waals surface area contributed by atoms with E-state index in [4.69, 9.17) is 15.7 Å². The van der Waals surface area contributed by atoms with Gasteiger partial charge in [0.25, 0.3) is 0 Å². The zero-order valence-corrected chi connectivity index (χ0v) is 12.2. The summed E-state index contributed by atoms with van der Waals surface area (Å²) < 4.78 is 5.71. The van der Waals surface area contributed by atoms with Crippen molar-refractivity contribution in [2.75, 3.05) is 18.1 Å². The molecule has 1 aliphatic rings. The average Bonchev–Trinajstić information content (AvgIpc) is 2.46. The monoisotopic (exact) mass is 278 g/mol. The summed E-state index contributed by atoms with van der Waals surface area (Å²) in [6, 6.07) is 3.96. The molecule has 0 saturated carbocycles. The fourth-order valence-electron chi connectivity index (χ4n) is 2.46. The molecular formula is C14H22N4O2. The quantitative estimate of drug-likeness (QED) is 0.379. The molecule has 0 spiro atoms. The summed E-state index contributed by atoms with van der Waals surface area (Å²) in [6.07, 6.45) is 1.10. The van der Waals surface area contributed by atoms with Gasteiger partial charge in [-0.1, -0.05) is 12.1 Å². The van der Waals surface area contributed by atoms with Gasteiger partial charge in [0.15, 0.2) is 5.84 Å². The summed E-state index contributed by atoms with van der Waals surface area (Å²) >= 11 is 0. The van der Waals surface area contributed by atoms with Crippen molar-refractivity contribution in [3.63, 3.8) is 0 Å². The smallest absolute Gasteiger partial charge is 0.173 e. The molecule has 6 nitrogen and oxygen atoms in total. The Morgan fingerprint density at radius 1 is 1.60 bits per heavy atom. The lowest BCUT2D eigenvalue weighted by Gasteiger charge is -2.40. The Hall–Kier alpha value is -1.82. The molecule has 1 saturated heterocycles. The molecule has 0 aliphatic carbocycles. The van der Waals surface area contributed by atoms with E-state index >= 15 is 0 Å². The number of aryl methyl sites for hydroxylation is 1. The predicted octanol–water partition coefficient (Wildman–Crippen LogP) is 1.49. The predicted molar refractivity (Wildman–Crippen MR) is 78.3 cm³/mol. The van der Waals surface area contributed by atoms with Crippen LogP contribution < -0.4 is 10.6 Å². The summed E-state index contributed by atoms with van der Waals surface area (Å²) in [5.41, 5.74) is 7.34. The van der Waals surface area contributed by atoms with E-state index in [-0.39, 0.29) is 18.0 Å². The highest BCUT2D eigenvalue weighted by atomic mass is 16.5.